The number of methoxy groups -OCH3 is 1. The average molecular weight is 333 g/mol. The lowest BCUT2D eigenvalue weighted by molar-refractivity contribution is -0.134. The number of hydrogen-bond donors (Lipinski definition) is 2. The molecule has 1 aliphatic rings. The molecule has 0 bridgehead atoms. The van der Waals surface area contributed by atoms with Crippen LogP contribution in [-0.4, -0.2) is 37.1 Å². The number of amides is 2. The molecule has 6 nitrogen and oxygen atoms in total. The molecule has 2 amide bonds. The van der Waals surface area contributed by atoms with Crippen LogP contribution in [0.4, 0.5) is 10.5 Å². The van der Waals surface area contributed by atoms with E-state index < -0.39 is 6.09 Å². The summed E-state index contributed by atoms with van der Waals surface area (Å²) in [6.07, 6.45) is 1.44. The Kier molecular flexibility index (Phi) is 5.83. The van der Waals surface area contributed by atoms with Crippen LogP contribution in [0.15, 0.2) is 24.3 Å². The average Bonchev–Trinajstić information content (AvgIpc) is 3.38. The molecule has 132 valence electrons. The minimum Gasteiger partial charge on any atom is -0.453 e. The molecule has 2 rings (SSSR count). The molecule has 6 heteroatoms. The molecule has 0 unspecified atom stereocenters. The molecule has 24 heavy (non-hydrogen) atoms. The zero-order valence-corrected chi connectivity index (χ0v) is 14.7. The van der Waals surface area contributed by atoms with Crippen molar-refractivity contribution in [3.05, 3.63) is 29.8 Å². The first-order valence-electron chi connectivity index (χ1n) is 8.27. The van der Waals surface area contributed by atoms with Crippen LogP contribution in [0.25, 0.3) is 0 Å². The minimum atomic E-state index is -0.512. The third-order valence-electron chi connectivity index (χ3n) is 4.14. The number of nitrogens with zero attached hydrogens (tertiary/aromatic N) is 1. The molecule has 3 N–H and O–H groups in total. The lowest BCUT2D eigenvalue weighted by Crippen LogP contribution is -2.42. The number of rotatable bonds is 7. The van der Waals surface area contributed by atoms with E-state index in [-0.39, 0.29) is 17.2 Å². The van der Waals surface area contributed by atoms with Crippen molar-refractivity contribution in [1.29, 1.82) is 0 Å². The van der Waals surface area contributed by atoms with Gasteiger partial charge in [0.05, 0.1) is 7.11 Å². The first kappa shape index (κ1) is 18.3. The van der Waals surface area contributed by atoms with Crippen LogP contribution in [0.1, 0.15) is 32.3 Å². The van der Waals surface area contributed by atoms with E-state index in [0.29, 0.717) is 25.3 Å². The molecular formula is C18H27N3O3. The standard InChI is InChI=1S/C18H27N3O3/c1-18(2,11-19)12-21(16(22)14-7-8-14)10-13-5-4-6-15(9-13)20-17(23)24-3/h4-6,9,14H,7-8,10-12,19H2,1-3H3,(H,20,23). The van der Waals surface area contributed by atoms with E-state index in [4.69, 9.17) is 5.73 Å². The Morgan fingerprint density at radius 1 is 1.38 bits per heavy atom. The zero-order chi connectivity index (χ0) is 17.7. The number of carbonyl (C=O) groups is 2. The van der Waals surface area contributed by atoms with Gasteiger partial charge in [0, 0.05) is 24.7 Å². The summed E-state index contributed by atoms with van der Waals surface area (Å²) in [7, 11) is 1.32. The van der Waals surface area contributed by atoms with Crippen LogP contribution in [-0.2, 0) is 16.1 Å². The van der Waals surface area contributed by atoms with Crippen molar-refractivity contribution in [2.45, 2.75) is 33.2 Å². The number of hydrogen-bond acceptors (Lipinski definition) is 4. The summed E-state index contributed by atoms with van der Waals surface area (Å²) in [5, 5.41) is 2.64. The van der Waals surface area contributed by atoms with Gasteiger partial charge in [-0.15, -0.1) is 0 Å². The fourth-order valence-corrected chi connectivity index (χ4v) is 2.52. The van der Waals surface area contributed by atoms with Crippen LogP contribution < -0.4 is 11.1 Å². The summed E-state index contributed by atoms with van der Waals surface area (Å²) in [4.78, 5) is 25.8. The van der Waals surface area contributed by atoms with Gasteiger partial charge in [-0.3, -0.25) is 10.1 Å². The quantitative estimate of drug-likeness (QED) is 0.803. The highest BCUT2D eigenvalue weighted by Gasteiger charge is 2.35. The van der Waals surface area contributed by atoms with Gasteiger partial charge in [-0.1, -0.05) is 26.0 Å². The summed E-state index contributed by atoms with van der Waals surface area (Å²) < 4.78 is 4.60. The normalized spacial score (nSPS) is 14.2. The summed E-state index contributed by atoms with van der Waals surface area (Å²) in [5.74, 6) is 0.359. The fourth-order valence-electron chi connectivity index (χ4n) is 2.52. The highest BCUT2D eigenvalue weighted by Crippen LogP contribution is 2.32. The Morgan fingerprint density at radius 3 is 2.67 bits per heavy atom. The molecule has 0 heterocycles. The second-order valence-corrected chi connectivity index (χ2v) is 7.15. The van der Waals surface area contributed by atoms with E-state index in [0.717, 1.165) is 18.4 Å². The van der Waals surface area contributed by atoms with Crippen LogP contribution in [0, 0.1) is 11.3 Å². The lowest BCUT2D eigenvalue weighted by Gasteiger charge is -2.32. The van der Waals surface area contributed by atoms with Crippen molar-refractivity contribution in [3.8, 4) is 0 Å². The van der Waals surface area contributed by atoms with Crippen molar-refractivity contribution >= 4 is 17.7 Å². The van der Waals surface area contributed by atoms with Crippen molar-refractivity contribution < 1.29 is 14.3 Å². The van der Waals surface area contributed by atoms with Gasteiger partial charge in [0.1, 0.15) is 0 Å². The Bertz CT molecular complexity index is 597. The van der Waals surface area contributed by atoms with Crippen molar-refractivity contribution in [1.82, 2.24) is 4.90 Å². The highest BCUT2D eigenvalue weighted by molar-refractivity contribution is 5.84. The summed E-state index contributed by atoms with van der Waals surface area (Å²) in [5.41, 5.74) is 7.32. The largest absolute Gasteiger partial charge is 0.453 e. The molecule has 0 spiro atoms. The Balaban J connectivity index is 2.12. The van der Waals surface area contributed by atoms with Gasteiger partial charge in [0.15, 0.2) is 0 Å². The first-order valence-corrected chi connectivity index (χ1v) is 8.27. The molecule has 0 radical (unpaired) electrons. The Labute approximate surface area is 143 Å². The predicted octanol–water partition coefficient (Wildman–Crippen LogP) is 2.59. The van der Waals surface area contributed by atoms with Crippen LogP contribution in [0.5, 0.6) is 0 Å². The van der Waals surface area contributed by atoms with E-state index in [2.05, 4.69) is 23.9 Å². The number of anilines is 1. The number of benzene rings is 1. The van der Waals surface area contributed by atoms with E-state index in [9.17, 15) is 9.59 Å². The maximum absolute atomic E-state index is 12.6. The van der Waals surface area contributed by atoms with Crippen molar-refractivity contribution in [3.63, 3.8) is 0 Å². The molecule has 1 saturated carbocycles. The molecule has 0 aromatic heterocycles. The molecule has 0 aliphatic heterocycles. The first-order chi connectivity index (χ1) is 11.3. The third kappa shape index (κ3) is 5.23. The highest BCUT2D eigenvalue weighted by atomic mass is 16.5. The second-order valence-electron chi connectivity index (χ2n) is 7.15. The van der Waals surface area contributed by atoms with Gasteiger partial charge in [0.25, 0.3) is 0 Å². The van der Waals surface area contributed by atoms with Gasteiger partial charge in [-0.05, 0) is 42.5 Å². The summed E-state index contributed by atoms with van der Waals surface area (Å²) in [6.45, 7) is 5.78. The van der Waals surface area contributed by atoms with Crippen LogP contribution in [0.3, 0.4) is 0 Å². The predicted molar refractivity (Wildman–Crippen MR) is 93.4 cm³/mol. The second kappa shape index (κ2) is 7.66. The number of nitrogens with one attached hydrogen (secondary N) is 1. The monoisotopic (exact) mass is 333 g/mol. The van der Waals surface area contributed by atoms with E-state index in [1.165, 1.54) is 7.11 Å². The molecule has 1 aromatic rings. The Morgan fingerprint density at radius 2 is 2.08 bits per heavy atom. The maximum atomic E-state index is 12.6. The van der Waals surface area contributed by atoms with Gasteiger partial charge < -0.3 is 15.4 Å². The van der Waals surface area contributed by atoms with E-state index in [1.54, 1.807) is 6.07 Å². The van der Waals surface area contributed by atoms with Gasteiger partial charge in [-0.25, -0.2) is 4.79 Å². The summed E-state index contributed by atoms with van der Waals surface area (Å²) >= 11 is 0. The SMILES string of the molecule is COC(=O)Nc1cccc(CN(CC(C)(C)CN)C(=O)C2CC2)c1. The minimum absolute atomic E-state index is 0.133. The maximum Gasteiger partial charge on any atom is 0.411 e. The van der Waals surface area contributed by atoms with Crippen LogP contribution >= 0.6 is 0 Å². The Hall–Kier alpha value is -2.08. The molecule has 1 aliphatic carbocycles. The fraction of sp³-hybridized carbons (Fsp3) is 0.556. The lowest BCUT2D eigenvalue weighted by atomic mass is 9.92. The number of ether oxygens (including phenoxy) is 1. The van der Waals surface area contributed by atoms with E-state index >= 15 is 0 Å². The van der Waals surface area contributed by atoms with Gasteiger partial charge in [0.2, 0.25) is 5.91 Å². The van der Waals surface area contributed by atoms with Gasteiger partial charge >= 0.3 is 6.09 Å². The van der Waals surface area contributed by atoms with Crippen LogP contribution in [0.2, 0.25) is 0 Å². The molecular weight excluding hydrogens is 306 g/mol. The number of nitrogens with two attached hydrogens (primary N) is 1. The molecule has 0 saturated heterocycles. The topological polar surface area (TPSA) is 84.7 Å². The molecule has 0 atom stereocenters. The van der Waals surface area contributed by atoms with E-state index in [1.807, 2.05) is 23.1 Å². The van der Waals surface area contributed by atoms with Crippen molar-refractivity contribution in [2.75, 3.05) is 25.5 Å². The molecule has 1 fully saturated rings. The number of carbonyl (C=O) groups excluding carboxylic acids is 2. The summed E-state index contributed by atoms with van der Waals surface area (Å²) in [6, 6.07) is 7.45. The van der Waals surface area contributed by atoms with Crippen molar-refractivity contribution in [2.24, 2.45) is 17.1 Å². The molecule has 1 aromatic carbocycles. The third-order valence-corrected chi connectivity index (χ3v) is 4.14. The smallest absolute Gasteiger partial charge is 0.411 e. The van der Waals surface area contributed by atoms with Gasteiger partial charge in [-0.2, -0.15) is 0 Å². The zero-order valence-electron chi connectivity index (χ0n) is 14.7.